The molecule has 0 bridgehead atoms. The van der Waals surface area contributed by atoms with Crippen molar-refractivity contribution in [1.82, 2.24) is 25.4 Å². The van der Waals surface area contributed by atoms with Crippen LogP contribution in [0.4, 0.5) is 4.79 Å². The van der Waals surface area contributed by atoms with Gasteiger partial charge in [-0.25, -0.2) is 14.5 Å². The highest BCUT2D eigenvalue weighted by Crippen LogP contribution is 2.27. The first-order valence-corrected chi connectivity index (χ1v) is 10.4. The maximum atomic E-state index is 12.6. The monoisotopic (exact) mass is 453 g/mol. The second-order valence-corrected chi connectivity index (χ2v) is 7.30. The smallest absolute Gasteiger partial charge is 0.328 e. The van der Waals surface area contributed by atoms with Crippen LogP contribution in [0.1, 0.15) is 19.8 Å². The number of carbonyl (C=O) groups excluding carboxylic acids is 3. The molecule has 33 heavy (non-hydrogen) atoms. The molecule has 1 unspecified atom stereocenters. The highest BCUT2D eigenvalue weighted by Gasteiger charge is 2.53. The van der Waals surface area contributed by atoms with Gasteiger partial charge in [-0.05, 0) is 49.4 Å². The summed E-state index contributed by atoms with van der Waals surface area (Å²) < 4.78 is 18.8. The third-order valence-electron chi connectivity index (χ3n) is 5.12. The Hall–Kier alpha value is -3.99. The number of ether oxygens (including phenoxy) is 3. The van der Waals surface area contributed by atoms with E-state index in [0.717, 1.165) is 5.69 Å². The zero-order chi connectivity index (χ0) is 23.3. The second kappa shape index (κ2) is 9.65. The first kappa shape index (κ1) is 22.2. The van der Waals surface area contributed by atoms with Crippen LogP contribution in [0.2, 0.25) is 0 Å². The summed E-state index contributed by atoms with van der Waals surface area (Å²) in [5.74, 6) is -0.649. The van der Waals surface area contributed by atoms with Crippen molar-refractivity contribution in [3.63, 3.8) is 0 Å². The van der Waals surface area contributed by atoms with Gasteiger partial charge >= 0.3 is 6.03 Å². The summed E-state index contributed by atoms with van der Waals surface area (Å²) in [4.78, 5) is 40.5. The van der Waals surface area contributed by atoms with Crippen LogP contribution in [-0.4, -0.2) is 57.5 Å². The van der Waals surface area contributed by atoms with Crippen molar-refractivity contribution in [2.24, 2.45) is 0 Å². The molecule has 1 fully saturated rings. The van der Waals surface area contributed by atoms with Crippen LogP contribution in [0.3, 0.4) is 0 Å². The molecule has 0 saturated carbocycles. The maximum Gasteiger partial charge on any atom is 0.328 e. The number of nitrogens with zero attached hydrogens (tertiary/aromatic N) is 3. The van der Waals surface area contributed by atoms with Crippen LogP contribution >= 0.6 is 0 Å². The molecule has 2 N–H and O–H groups in total. The molecule has 1 aromatic heterocycles. The third kappa shape index (κ3) is 4.93. The van der Waals surface area contributed by atoms with Gasteiger partial charge in [-0.3, -0.25) is 20.2 Å². The number of nitrogens with one attached hydrogen (secondary N) is 2. The molecule has 1 aromatic carbocycles. The predicted octanol–water partition coefficient (Wildman–Crippen LogP) is 1.41. The van der Waals surface area contributed by atoms with Gasteiger partial charge in [-0.15, -0.1) is 0 Å². The lowest BCUT2D eigenvalue weighted by Gasteiger charge is -2.35. The fourth-order valence-corrected chi connectivity index (χ4v) is 3.41. The summed E-state index contributed by atoms with van der Waals surface area (Å²) >= 11 is 0. The number of urea groups is 1. The first-order chi connectivity index (χ1) is 16.0. The van der Waals surface area contributed by atoms with Gasteiger partial charge in [0.05, 0.1) is 12.3 Å². The molecular formula is C22H23N5O6. The van der Waals surface area contributed by atoms with Gasteiger partial charge in [0.25, 0.3) is 17.4 Å². The van der Waals surface area contributed by atoms with Crippen LogP contribution in [0.25, 0.3) is 5.69 Å². The molecule has 2 aromatic rings. The number of hydrogen-bond donors (Lipinski definition) is 2. The van der Waals surface area contributed by atoms with Crippen molar-refractivity contribution in [2.45, 2.75) is 31.5 Å². The van der Waals surface area contributed by atoms with Crippen molar-refractivity contribution in [2.75, 3.05) is 13.2 Å². The van der Waals surface area contributed by atoms with E-state index < -0.39 is 23.4 Å². The van der Waals surface area contributed by atoms with E-state index in [-0.39, 0.29) is 19.1 Å². The van der Waals surface area contributed by atoms with Crippen molar-refractivity contribution >= 4 is 17.8 Å². The van der Waals surface area contributed by atoms with Crippen LogP contribution in [0.5, 0.6) is 5.75 Å². The Morgan fingerprint density at radius 2 is 1.91 bits per heavy atom. The van der Waals surface area contributed by atoms with E-state index in [9.17, 15) is 14.4 Å². The molecule has 1 saturated heterocycles. The minimum Gasteiger partial charge on any atom is -0.486 e. The number of rotatable bonds is 9. The molecule has 172 valence electrons. The van der Waals surface area contributed by atoms with Crippen molar-refractivity contribution < 1.29 is 28.6 Å². The maximum absolute atomic E-state index is 12.6. The average molecular weight is 453 g/mol. The third-order valence-corrected chi connectivity index (χ3v) is 5.12. The number of allylic oxidation sites excluding steroid dienone is 1. The average Bonchev–Trinajstić information content (AvgIpc) is 3.34. The van der Waals surface area contributed by atoms with Crippen molar-refractivity contribution in [1.29, 1.82) is 0 Å². The number of carbonyl (C=O) groups is 3. The molecule has 11 heteroatoms. The number of benzene rings is 1. The molecule has 0 radical (unpaired) electrons. The van der Waals surface area contributed by atoms with Crippen molar-refractivity contribution in [3.05, 3.63) is 60.9 Å². The summed E-state index contributed by atoms with van der Waals surface area (Å²) in [5, 5.41) is 8.27. The molecule has 11 nitrogen and oxygen atoms in total. The van der Waals surface area contributed by atoms with Crippen LogP contribution in [0.15, 0.2) is 60.9 Å². The Morgan fingerprint density at radius 1 is 1.15 bits per heavy atom. The van der Waals surface area contributed by atoms with Gasteiger partial charge < -0.3 is 14.2 Å². The molecule has 1 aliphatic heterocycles. The summed E-state index contributed by atoms with van der Waals surface area (Å²) in [7, 11) is 0. The van der Waals surface area contributed by atoms with E-state index in [1.54, 1.807) is 36.2 Å². The molecular weight excluding hydrogens is 430 g/mol. The summed E-state index contributed by atoms with van der Waals surface area (Å²) in [6, 6.07) is 6.51. The summed E-state index contributed by atoms with van der Waals surface area (Å²) in [5.41, 5.74) is -1.04. The van der Waals surface area contributed by atoms with E-state index in [1.807, 2.05) is 24.3 Å². The predicted molar refractivity (Wildman–Crippen MR) is 114 cm³/mol. The molecule has 4 rings (SSSR count). The van der Waals surface area contributed by atoms with Gasteiger partial charge in [0.2, 0.25) is 0 Å². The standard InChI is InChI=1S/C22H23N5O6/c1-2-31-12-11-22(19(28)25-21(30)26-20(22)29)33-18-9-7-17(8-10-18)32-16-5-3-15(4-6-16)27-14-23-13-24-27/h3-7,9-10,13-14,17H,2,8,11-12H2,1H3,(H2,25,26,28,29,30). The molecule has 0 spiro atoms. The summed E-state index contributed by atoms with van der Waals surface area (Å²) in [6.07, 6.45) is 8.37. The SMILES string of the molecule is CCOCCC1(OC2=CCC(Oc3ccc(-n4cncn4)cc3)C=C2)C(=O)NC(=O)NC1=O. The second-order valence-electron chi connectivity index (χ2n) is 7.30. The van der Waals surface area contributed by atoms with E-state index >= 15 is 0 Å². The zero-order valence-electron chi connectivity index (χ0n) is 17.9. The molecule has 2 aliphatic rings. The highest BCUT2D eigenvalue weighted by molar-refractivity contribution is 6.21. The fraction of sp³-hybridized carbons (Fsp3) is 0.318. The van der Waals surface area contributed by atoms with E-state index in [1.165, 1.54) is 6.33 Å². The number of imide groups is 2. The van der Waals surface area contributed by atoms with Crippen LogP contribution in [0, 0.1) is 0 Å². The topological polar surface area (TPSA) is 134 Å². The Bertz CT molecular complexity index is 1060. The number of amides is 4. The van der Waals surface area contributed by atoms with Crippen LogP contribution in [-0.2, 0) is 19.1 Å². The lowest BCUT2D eigenvalue weighted by molar-refractivity contribution is -0.158. The Kier molecular flexibility index (Phi) is 6.50. The quantitative estimate of drug-likeness (QED) is 0.430. The van der Waals surface area contributed by atoms with E-state index in [2.05, 4.69) is 20.7 Å². The Balaban J connectivity index is 1.40. The summed E-state index contributed by atoms with van der Waals surface area (Å²) in [6.45, 7) is 2.32. The first-order valence-electron chi connectivity index (χ1n) is 10.4. The lowest BCUT2D eigenvalue weighted by atomic mass is 9.95. The molecule has 4 amide bonds. The fourth-order valence-electron chi connectivity index (χ4n) is 3.41. The number of barbiturate groups is 1. The lowest BCUT2D eigenvalue weighted by Crippen LogP contribution is -2.67. The van der Waals surface area contributed by atoms with Gasteiger partial charge in [0.1, 0.15) is 30.3 Å². The van der Waals surface area contributed by atoms with Gasteiger partial charge in [-0.2, -0.15) is 5.10 Å². The van der Waals surface area contributed by atoms with Crippen molar-refractivity contribution in [3.8, 4) is 11.4 Å². The van der Waals surface area contributed by atoms with Gasteiger partial charge in [0, 0.05) is 19.4 Å². The normalized spacial score (nSPS) is 19.5. The van der Waals surface area contributed by atoms with E-state index in [4.69, 9.17) is 14.2 Å². The largest absolute Gasteiger partial charge is 0.486 e. The Labute approximate surface area is 189 Å². The van der Waals surface area contributed by atoms with Gasteiger partial charge in [-0.1, -0.05) is 0 Å². The zero-order valence-corrected chi connectivity index (χ0v) is 17.9. The highest BCUT2D eigenvalue weighted by atomic mass is 16.5. The van der Waals surface area contributed by atoms with Crippen LogP contribution < -0.4 is 15.4 Å². The van der Waals surface area contributed by atoms with Gasteiger partial charge in [0.15, 0.2) is 0 Å². The van der Waals surface area contributed by atoms with E-state index in [0.29, 0.717) is 24.5 Å². The number of hydrogen-bond acceptors (Lipinski definition) is 8. The minimum atomic E-state index is -1.90. The molecule has 1 aliphatic carbocycles. The Morgan fingerprint density at radius 3 is 2.52 bits per heavy atom. The molecule has 1 atom stereocenters. The number of aromatic nitrogens is 3. The minimum absolute atomic E-state index is 0.0466. The molecule has 2 heterocycles.